The summed E-state index contributed by atoms with van der Waals surface area (Å²) < 4.78 is 0. The molecule has 0 spiro atoms. The molecule has 84 valence electrons. The molecule has 0 rings (SSSR count). The van der Waals surface area contributed by atoms with E-state index in [1.807, 2.05) is 0 Å². The van der Waals surface area contributed by atoms with Crippen LogP contribution in [0.3, 0.4) is 0 Å². The van der Waals surface area contributed by atoms with Gasteiger partial charge in [-0.15, -0.1) is 0 Å². The summed E-state index contributed by atoms with van der Waals surface area (Å²) in [7, 11) is 0. The zero-order chi connectivity index (χ0) is 11.0. The number of alkyl halides is 1. The van der Waals surface area contributed by atoms with Crippen molar-refractivity contribution >= 4 is 21.8 Å². The Kier molecular flexibility index (Phi) is 8.18. The van der Waals surface area contributed by atoms with Gasteiger partial charge in [0.05, 0.1) is 4.83 Å². The van der Waals surface area contributed by atoms with Crippen LogP contribution in [0.1, 0.15) is 33.1 Å². The first-order valence-electron chi connectivity index (χ1n) is 5.14. The van der Waals surface area contributed by atoms with Gasteiger partial charge in [-0.05, 0) is 25.7 Å². The van der Waals surface area contributed by atoms with E-state index < -0.39 is 0 Å². The monoisotopic (exact) mass is 265 g/mol. The lowest BCUT2D eigenvalue weighted by atomic mass is 10.0. The van der Waals surface area contributed by atoms with Crippen molar-refractivity contribution < 1.29 is 9.90 Å². The Balaban J connectivity index is 3.74. The molecule has 0 aliphatic rings. The van der Waals surface area contributed by atoms with Crippen LogP contribution in [0.15, 0.2) is 0 Å². The Morgan fingerprint density at radius 3 is 2.57 bits per heavy atom. The molecule has 2 atom stereocenters. The fourth-order valence-electron chi connectivity index (χ4n) is 1.32. The van der Waals surface area contributed by atoms with Crippen molar-refractivity contribution in [3.63, 3.8) is 0 Å². The van der Waals surface area contributed by atoms with Gasteiger partial charge in [-0.3, -0.25) is 4.79 Å². The number of aliphatic hydroxyl groups excluding tert-OH is 1. The summed E-state index contributed by atoms with van der Waals surface area (Å²) in [6.07, 6.45) is 2.91. The second-order valence-electron chi connectivity index (χ2n) is 3.53. The Bertz CT molecular complexity index is 156. The van der Waals surface area contributed by atoms with E-state index in [9.17, 15) is 4.79 Å². The van der Waals surface area contributed by atoms with Crippen molar-refractivity contribution in [2.45, 2.75) is 37.9 Å². The minimum atomic E-state index is -0.140. The molecule has 2 N–H and O–H groups in total. The first-order chi connectivity index (χ1) is 6.61. The Morgan fingerprint density at radius 2 is 2.14 bits per heavy atom. The van der Waals surface area contributed by atoms with Crippen LogP contribution in [-0.4, -0.2) is 29.0 Å². The van der Waals surface area contributed by atoms with E-state index in [0.29, 0.717) is 12.5 Å². The molecule has 0 bridgehead atoms. The molecule has 0 heterocycles. The maximum atomic E-state index is 11.2. The fraction of sp³-hybridized carbons (Fsp3) is 0.900. The maximum Gasteiger partial charge on any atom is 0.233 e. The minimum absolute atomic E-state index is 0.0176. The fourth-order valence-corrected chi connectivity index (χ4v) is 1.49. The highest BCUT2D eigenvalue weighted by Crippen LogP contribution is 2.09. The Hall–Kier alpha value is -0.0900. The van der Waals surface area contributed by atoms with Crippen LogP contribution in [0, 0.1) is 5.92 Å². The summed E-state index contributed by atoms with van der Waals surface area (Å²) in [4.78, 5) is 11.1. The molecule has 0 aromatic rings. The largest absolute Gasteiger partial charge is 0.396 e. The average Bonchev–Trinajstić information content (AvgIpc) is 2.14. The van der Waals surface area contributed by atoms with Gasteiger partial charge >= 0.3 is 0 Å². The summed E-state index contributed by atoms with van der Waals surface area (Å²) >= 11 is 3.21. The number of halogens is 1. The SMILES string of the molecule is CCCC(CCO)CNC(=O)C(C)Br. The first kappa shape index (κ1) is 13.9. The highest BCUT2D eigenvalue weighted by Gasteiger charge is 2.11. The molecular weight excluding hydrogens is 246 g/mol. The Morgan fingerprint density at radius 1 is 1.50 bits per heavy atom. The molecule has 0 fully saturated rings. The van der Waals surface area contributed by atoms with Crippen molar-refractivity contribution in [1.29, 1.82) is 0 Å². The van der Waals surface area contributed by atoms with E-state index in [2.05, 4.69) is 28.2 Å². The van der Waals surface area contributed by atoms with Crippen LogP contribution < -0.4 is 5.32 Å². The van der Waals surface area contributed by atoms with Gasteiger partial charge in [0.15, 0.2) is 0 Å². The highest BCUT2D eigenvalue weighted by atomic mass is 79.9. The molecule has 0 aliphatic heterocycles. The van der Waals surface area contributed by atoms with Crippen molar-refractivity contribution in [1.82, 2.24) is 5.32 Å². The van der Waals surface area contributed by atoms with Gasteiger partial charge in [-0.25, -0.2) is 0 Å². The number of rotatable bonds is 7. The molecular formula is C10H20BrNO2. The van der Waals surface area contributed by atoms with Crippen LogP contribution in [0.2, 0.25) is 0 Å². The number of hydrogen-bond donors (Lipinski definition) is 2. The molecule has 0 aliphatic carbocycles. The normalized spacial score (nSPS) is 14.9. The van der Waals surface area contributed by atoms with Crippen molar-refractivity contribution in [3.8, 4) is 0 Å². The van der Waals surface area contributed by atoms with E-state index >= 15 is 0 Å². The quantitative estimate of drug-likeness (QED) is 0.689. The number of amides is 1. The second kappa shape index (κ2) is 8.24. The summed E-state index contributed by atoms with van der Waals surface area (Å²) in [5.41, 5.74) is 0. The number of aliphatic hydroxyl groups is 1. The molecule has 0 saturated carbocycles. The lowest BCUT2D eigenvalue weighted by Crippen LogP contribution is -2.33. The second-order valence-corrected chi connectivity index (χ2v) is 4.90. The molecule has 0 aromatic heterocycles. The van der Waals surface area contributed by atoms with Gasteiger partial charge in [0.2, 0.25) is 5.91 Å². The number of carbonyl (C=O) groups excluding carboxylic acids is 1. The third kappa shape index (κ3) is 6.38. The van der Waals surface area contributed by atoms with E-state index in [0.717, 1.165) is 19.3 Å². The third-order valence-corrected chi connectivity index (χ3v) is 2.58. The Labute approximate surface area is 94.4 Å². The van der Waals surface area contributed by atoms with Gasteiger partial charge in [-0.2, -0.15) is 0 Å². The molecule has 0 radical (unpaired) electrons. The predicted molar refractivity (Wildman–Crippen MR) is 61.5 cm³/mol. The first-order valence-corrected chi connectivity index (χ1v) is 6.06. The summed E-state index contributed by atoms with van der Waals surface area (Å²) in [5.74, 6) is 0.421. The lowest BCUT2D eigenvalue weighted by molar-refractivity contribution is -0.120. The smallest absolute Gasteiger partial charge is 0.233 e. The van der Waals surface area contributed by atoms with Gasteiger partial charge in [0, 0.05) is 13.2 Å². The zero-order valence-electron chi connectivity index (χ0n) is 8.92. The summed E-state index contributed by atoms with van der Waals surface area (Å²) in [5, 5.41) is 11.7. The van der Waals surface area contributed by atoms with Crippen molar-refractivity contribution in [2.24, 2.45) is 5.92 Å². The molecule has 3 nitrogen and oxygen atoms in total. The predicted octanol–water partition coefficient (Wildman–Crippen LogP) is 1.68. The number of carbonyl (C=O) groups is 1. The molecule has 0 saturated heterocycles. The van der Waals surface area contributed by atoms with Gasteiger partial charge in [-0.1, -0.05) is 29.3 Å². The van der Waals surface area contributed by atoms with Crippen LogP contribution in [0.25, 0.3) is 0 Å². The standard InChI is InChI=1S/C10H20BrNO2/c1-3-4-9(5-6-13)7-12-10(14)8(2)11/h8-9,13H,3-7H2,1-2H3,(H,12,14). The zero-order valence-corrected chi connectivity index (χ0v) is 10.5. The topological polar surface area (TPSA) is 49.3 Å². The molecule has 14 heavy (non-hydrogen) atoms. The van der Waals surface area contributed by atoms with Gasteiger partial charge in [0.25, 0.3) is 0 Å². The summed E-state index contributed by atoms with van der Waals surface area (Å²) in [6.45, 7) is 4.78. The molecule has 1 amide bonds. The third-order valence-electron chi connectivity index (χ3n) is 2.16. The molecule has 4 heteroatoms. The molecule has 2 unspecified atom stereocenters. The molecule has 0 aromatic carbocycles. The van der Waals surface area contributed by atoms with Crippen molar-refractivity contribution in [2.75, 3.05) is 13.2 Å². The van der Waals surface area contributed by atoms with Crippen molar-refractivity contribution in [3.05, 3.63) is 0 Å². The number of nitrogens with one attached hydrogen (secondary N) is 1. The van der Waals surface area contributed by atoms with E-state index in [1.165, 1.54) is 0 Å². The van der Waals surface area contributed by atoms with E-state index in [4.69, 9.17) is 5.11 Å². The summed E-state index contributed by atoms with van der Waals surface area (Å²) in [6, 6.07) is 0. The van der Waals surface area contributed by atoms with E-state index in [1.54, 1.807) is 6.92 Å². The lowest BCUT2D eigenvalue weighted by Gasteiger charge is -2.16. The average molecular weight is 266 g/mol. The van der Waals surface area contributed by atoms with Gasteiger partial charge in [0.1, 0.15) is 0 Å². The maximum absolute atomic E-state index is 11.2. The van der Waals surface area contributed by atoms with Crippen LogP contribution in [0.4, 0.5) is 0 Å². The highest BCUT2D eigenvalue weighted by molar-refractivity contribution is 9.10. The minimum Gasteiger partial charge on any atom is -0.396 e. The van der Waals surface area contributed by atoms with Gasteiger partial charge < -0.3 is 10.4 Å². The van der Waals surface area contributed by atoms with Crippen LogP contribution >= 0.6 is 15.9 Å². The van der Waals surface area contributed by atoms with Crippen LogP contribution in [0.5, 0.6) is 0 Å². The van der Waals surface area contributed by atoms with E-state index in [-0.39, 0.29) is 17.3 Å². The van der Waals surface area contributed by atoms with Crippen LogP contribution in [-0.2, 0) is 4.79 Å². The number of hydrogen-bond acceptors (Lipinski definition) is 2.